The summed E-state index contributed by atoms with van der Waals surface area (Å²) in [5.41, 5.74) is 5.03. The highest BCUT2D eigenvalue weighted by Gasteiger charge is 2.45. The van der Waals surface area contributed by atoms with E-state index in [9.17, 15) is 19.2 Å². The molecule has 3 aromatic rings. The minimum atomic E-state index is -0.998. The molecule has 212 valence electrons. The smallest absolute Gasteiger partial charge is 0.264 e. The summed E-state index contributed by atoms with van der Waals surface area (Å²) < 4.78 is 6.00. The second kappa shape index (κ2) is 11.1. The predicted octanol–water partition coefficient (Wildman–Crippen LogP) is 3.14. The fraction of sp³-hybridized carbons (Fsp3) is 0.281. The van der Waals surface area contributed by atoms with E-state index in [1.54, 1.807) is 30.3 Å². The van der Waals surface area contributed by atoms with Crippen LogP contribution in [0.4, 0.5) is 5.69 Å². The third-order valence-corrected chi connectivity index (χ3v) is 7.96. The van der Waals surface area contributed by atoms with Crippen molar-refractivity contribution in [3.63, 3.8) is 0 Å². The van der Waals surface area contributed by atoms with Crippen molar-refractivity contribution < 1.29 is 23.9 Å². The molecule has 10 heteroatoms. The summed E-state index contributed by atoms with van der Waals surface area (Å²) in [5, 5.41) is 14.5. The van der Waals surface area contributed by atoms with Crippen molar-refractivity contribution in [1.29, 1.82) is 5.26 Å². The highest BCUT2D eigenvalue weighted by Crippen LogP contribution is 2.33. The number of aryl methyl sites for hydroxylation is 1. The number of hydrogen-bond donors (Lipinski definition) is 2. The van der Waals surface area contributed by atoms with Gasteiger partial charge in [-0.25, -0.2) is 0 Å². The Kier molecular flexibility index (Phi) is 7.19. The Balaban J connectivity index is 1.06. The van der Waals surface area contributed by atoms with E-state index >= 15 is 0 Å². The van der Waals surface area contributed by atoms with Crippen LogP contribution in [-0.2, 0) is 22.7 Å². The Morgan fingerprint density at radius 1 is 1.02 bits per heavy atom. The first-order chi connectivity index (χ1) is 20.3. The third kappa shape index (κ3) is 5.22. The quantitative estimate of drug-likeness (QED) is 0.400. The van der Waals surface area contributed by atoms with Crippen LogP contribution in [0.3, 0.4) is 0 Å². The fourth-order valence-electron chi connectivity index (χ4n) is 5.67. The zero-order chi connectivity index (χ0) is 29.4. The van der Waals surface area contributed by atoms with Gasteiger partial charge in [-0.15, -0.1) is 0 Å². The van der Waals surface area contributed by atoms with Gasteiger partial charge in [0.05, 0.1) is 22.8 Å². The van der Waals surface area contributed by atoms with Crippen LogP contribution in [-0.4, -0.2) is 58.7 Å². The SMILES string of the molecule is Cc1cc(CNc2cccc3c2C(=O)N(C2CCC(=O)NC2=O)C3=O)ccc1CN1CC(Oc2ccc(C#N)cc2)C1. The van der Waals surface area contributed by atoms with Crippen molar-refractivity contribution in [3.8, 4) is 11.8 Å². The van der Waals surface area contributed by atoms with Crippen molar-refractivity contribution >= 4 is 29.3 Å². The van der Waals surface area contributed by atoms with Gasteiger partial charge in [0.15, 0.2) is 0 Å². The highest BCUT2D eigenvalue weighted by atomic mass is 16.5. The molecule has 6 rings (SSSR count). The summed E-state index contributed by atoms with van der Waals surface area (Å²) in [6.45, 7) is 4.98. The first-order valence-corrected chi connectivity index (χ1v) is 13.9. The molecule has 10 nitrogen and oxygen atoms in total. The van der Waals surface area contributed by atoms with Crippen molar-refractivity contribution in [2.45, 2.75) is 45.0 Å². The summed E-state index contributed by atoms with van der Waals surface area (Å²) in [5.74, 6) is -1.32. The molecule has 3 aliphatic rings. The lowest BCUT2D eigenvalue weighted by molar-refractivity contribution is -0.136. The van der Waals surface area contributed by atoms with Crippen LogP contribution >= 0.6 is 0 Å². The Labute approximate surface area is 242 Å². The number of piperidine rings is 1. The lowest BCUT2D eigenvalue weighted by atomic mass is 10.0. The largest absolute Gasteiger partial charge is 0.488 e. The van der Waals surface area contributed by atoms with E-state index in [4.69, 9.17) is 10.00 Å². The predicted molar refractivity (Wildman–Crippen MR) is 152 cm³/mol. The van der Waals surface area contributed by atoms with Gasteiger partial charge in [-0.3, -0.25) is 34.3 Å². The Bertz CT molecular complexity index is 1640. The molecule has 0 saturated carbocycles. The fourth-order valence-corrected chi connectivity index (χ4v) is 5.67. The number of fused-ring (bicyclic) bond motifs is 1. The Hall–Kier alpha value is -5.01. The van der Waals surface area contributed by atoms with Crippen LogP contribution in [0.15, 0.2) is 60.7 Å². The number of nitrogens with zero attached hydrogens (tertiary/aromatic N) is 3. The number of amides is 4. The molecule has 2 saturated heterocycles. The van der Waals surface area contributed by atoms with Crippen LogP contribution in [0.25, 0.3) is 0 Å². The van der Waals surface area contributed by atoms with Gasteiger partial charge in [0, 0.05) is 38.3 Å². The number of carbonyl (C=O) groups excluding carboxylic acids is 4. The minimum absolute atomic E-state index is 0.0784. The molecule has 0 radical (unpaired) electrons. The summed E-state index contributed by atoms with van der Waals surface area (Å²) >= 11 is 0. The maximum Gasteiger partial charge on any atom is 0.264 e. The molecular weight excluding hydrogens is 534 g/mol. The molecule has 1 atom stereocenters. The van der Waals surface area contributed by atoms with Crippen LogP contribution in [0.5, 0.6) is 5.75 Å². The lowest BCUT2D eigenvalue weighted by Gasteiger charge is -2.39. The number of ether oxygens (including phenoxy) is 1. The summed E-state index contributed by atoms with van der Waals surface area (Å²) in [6.07, 6.45) is 0.316. The molecule has 3 aromatic carbocycles. The molecule has 3 heterocycles. The number of hydrogen-bond acceptors (Lipinski definition) is 8. The van der Waals surface area contributed by atoms with E-state index in [0.717, 1.165) is 41.4 Å². The number of likely N-dealkylation sites (tertiary alicyclic amines) is 1. The average molecular weight is 564 g/mol. The monoisotopic (exact) mass is 563 g/mol. The van der Waals surface area contributed by atoms with Crippen molar-refractivity contribution in [2.24, 2.45) is 0 Å². The van der Waals surface area contributed by atoms with Crippen LogP contribution < -0.4 is 15.4 Å². The molecule has 42 heavy (non-hydrogen) atoms. The normalized spacial score (nSPS) is 18.8. The standard InChI is InChI=1S/C32H29N5O5/c1-19-13-21(5-8-22(19)16-36-17-24(18-36)42-23-9-6-20(14-33)7-10-23)15-34-26-4-2-3-25-29(26)32(41)37(31(25)40)27-11-12-28(38)35-30(27)39/h2-10,13,24,27,34H,11-12,15-18H2,1H3,(H,35,38,39). The van der Waals surface area contributed by atoms with Gasteiger partial charge in [0.1, 0.15) is 17.9 Å². The number of nitrogens with one attached hydrogen (secondary N) is 2. The number of nitriles is 1. The minimum Gasteiger partial charge on any atom is -0.488 e. The van der Waals surface area contributed by atoms with Crippen molar-refractivity contribution in [3.05, 3.63) is 94.0 Å². The molecule has 0 spiro atoms. The average Bonchev–Trinajstić information content (AvgIpc) is 3.22. The van der Waals surface area contributed by atoms with E-state index in [0.29, 0.717) is 17.8 Å². The van der Waals surface area contributed by atoms with Gasteiger partial charge in [-0.1, -0.05) is 24.3 Å². The van der Waals surface area contributed by atoms with E-state index in [1.807, 2.05) is 18.2 Å². The van der Waals surface area contributed by atoms with Gasteiger partial charge in [0.25, 0.3) is 11.8 Å². The number of benzene rings is 3. The molecular formula is C32H29N5O5. The van der Waals surface area contributed by atoms with E-state index in [1.165, 1.54) is 5.56 Å². The van der Waals surface area contributed by atoms with Gasteiger partial charge in [-0.2, -0.15) is 5.26 Å². The summed E-state index contributed by atoms with van der Waals surface area (Å²) in [4.78, 5) is 53.6. The van der Waals surface area contributed by atoms with Crippen molar-refractivity contribution in [1.82, 2.24) is 15.1 Å². The maximum absolute atomic E-state index is 13.3. The second-order valence-corrected chi connectivity index (χ2v) is 10.9. The van der Waals surface area contributed by atoms with Gasteiger partial charge in [0.2, 0.25) is 11.8 Å². The summed E-state index contributed by atoms with van der Waals surface area (Å²) in [7, 11) is 0. The van der Waals surface area contributed by atoms with E-state index < -0.39 is 29.7 Å². The number of anilines is 1. The van der Waals surface area contributed by atoms with Gasteiger partial charge >= 0.3 is 0 Å². The van der Waals surface area contributed by atoms with Crippen LogP contribution in [0.1, 0.15) is 55.8 Å². The first-order valence-electron chi connectivity index (χ1n) is 13.9. The zero-order valence-electron chi connectivity index (χ0n) is 23.1. The van der Waals surface area contributed by atoms with E-state index in [-0.39, 0.29) is 30.1 Å². The van der Waals surface area contributed by atoms with Crippen molar-refractivity contribution in [2.75, 3.05) is 18.4 Å². The van der Waals surface area contributed by atoms with E-state index in [2.05, 4.69) is 40.7 Å². The lowest BCUT2D eigenvalue weighted by Crippen LogP contribution is -2.54. The molecule has 0 bridgehead atoms. The van der Waals surface area contributed by atoms with Crippen LogP contribution in [0, 0.1) is 18.3 Å². The third-order valence-electron chi connectivity index (χ3n) is 7.96. The highest BCUT2D eigenvalue weighted by molar-refractivity contribution is 6.25. The molecule has 3 aliphatic heterocycles. The second-order valence-electron chi connectivity index (χ2n) is 10.9. The number of carbonyl (C=O) groups is 4. The maximum atomic E-state index is 13.3. The Morgan fingerprint density at radius 3 is 2.52 bits per heavy atom. The molecule has 1 unspecified atom stereocenters. The number of rotatable bonds is 8. The van der Waals surface area contributed by atoms with Gasteiger partial charge < -0.3 is 10.1 Å². The van der Waals surface area contributed by atoms with Gasteiger partial charge in [-0.05, 0) is 66.4 Å². The first kappa shape index (κ1) is 27.2. The topological polar surface area (TPSA) is 132 Å². The molecule has 2 N–H and O–H groups in total. The summed E-state index contributed by atoms with van der Waals surface area (Å²) in [6, 6.07) is 19.6. The zero-order valence-corrected chi connectivity index (χ0v) is 23.1. The Morgan fingerprint density at radius 2 is 1.81 bits per heavy atom. The molecule has 4 amide bonds. The number of imide groups is 2. The van der Waals surface area contributed by atoms with Crippen LogP contribution in [0.2, 0.25) is 0 Å². The molecule has 2 fully saturated rings. The molecule has 0 aliphatic carbocycles. The molecule has 0 aromatic heterocycles.